The van der Waals surface area contributed by atoms with Crippen molar-refractivity contribution in [2.75, 3.05) is 13.7 Å². The van der Waals surface area contributed by atoms with E-state index in [4.69, 9.17) is 9.47 Å². The highest BCUT2D eigenvalue weighted by Gasteiger charge is 2.35. The van der Waals surface area contributed by atoms with Crippen LogP contribution in [0.25, 0.3) is 0 Å². The van der Waals surface area contributed by atoms with Gasteiger partial charge >= 0.3 is 5.97 Å². The second-order valence-corrected chi connectivity index (χ2v) is 5.42. The molecular weight excluding hydrogens is 268 g/mol. The Kier molecular flexibility index (Phi) is 7.09. The molecule has 0 heterocycles. The number of esters is 1. The summed E-state index contributed by atoms with van der Waals surface area (Å²) in [6.45, 7) is 4.29. The number of methoxy groups -OCH3 is 1. The first kappa shape index (κ1) is 17.4. The quantitative estimate of drug-likeness (QED) is 0.656. The number of hydrogen-bond donors (Lipinski definition) is 0. The molecule has 0 amide bonds. The van der Waals surface area contributed by atoms with E-state index < -0.39 is 5.41 Å². The molecule has 0 radical (unpaired) electrons. The Morgan fingerprint density at radius 1 is 1.19 bits per heavy atom. The average Bonchev–Trinajstić information content (AvgIpc) is 2.52. The van der Waals surface area contributed by atoms with E-state index in [9.17, 15) is 9.59 Å². The van der Waals surface area contributed by atoms with Gasteiger partial charge in [-0.15, -0.1) is 0 Å². The van der Waals surface area contributed by atoms with Crippen LogP contribution in [0.2, 0.25) is 0 Å². The summed E-state index contributed by atoms with van der Waals surface area (Å²) in [5.41, 5.74) is 0.267. The van der Waals surface area contributed by atoms with Crippen LogP contribution < -0.4 is 0 Å². The van der Waals surface area contributed by atoms with Crippen molar-refractivity contribution in [3.8, 4) is 0 Å². The standard InChI is InChI=1S/C17H24O4/c1-4-15(18)10-11-17(2,16(19)20-3)13-21-12-14-8-6-5-7-9-14/h5-9H,4,10-13H2,1-3H3/t17-/m1/s1. The van der Waals surface area contributed by atoms with E-state index in [1.807, 2.05) is 37.3 Å². The van der Waals surface area contributed by atoms with Gasteiger partial charge < -0.3 is 9.47 Å². The zero-order chi connectivity index (χ0) is 15.7. The molecule has 0 aliphatic heterocycles. The summed E-state index contributed by atoms with van der Waals surface area (Å²) in [7, 11) is 1.36. The Bertz CT molecular complexity index is 455. The second kappa shape index (κ2) is 8.57. The predicted octanol–water partition coefficient (Wildman–Crippen LogP) is 3.14. The van der Waals surface area contributed by atoms with Crippen LogP contribution in [-0.2, 0) is 25.7 Å². The van der Waals surface area contributed by atoms with Crippen LogP contribution in [0.3, 0.4) is 0 Å². The van der Waals surface area contributed by atoms with Gasteiger partial charge in [-0.1, -0.05) is 37.3 Å². The smallest absolute Gasteiger partial charge is 0.313 e. The number of carbonyl (C=O) groups excluding carboxylic acids is 2. The molecule has 0 aliphatic rings. The average molecular weight is 292 g/mol. The predicted molar refractivity (Wildman–Crippen MR) is 80.8 cm³/mol. The van der Waals surface area contributed by atoms with Gasteiger partial charge in [0.05, 0.1) is 25.7 Å². The molecule has 0 bridgehead atoms. The van der Waals surface area contributed by atoms with Crippen molar-refractivity contribution in [3.63, 3.8) is 0 Å². The van der Waals surface area contributed by atoms with E-state index in [1.165, 1.54) is 7.11 Å². The van der Waals surface area contributed by atoms with Crippen LogP contribution >= 0.6 is 0 Å². The summed E-state index contributed by atoms with van der Waals surface area (Å²) in [6, 6.07) is 9.76. The summed E-state index contributed by atoms with van der Waals surface area (Å²) in [4.78, 5) is 23.4. The molecule has 0 unspecified atom stereocenters. The fourth-order valence-electron chi connectivity index (χ4n) is 2.04. The minimum absolute atomic E-state index is 0.146. The highest BCUT2D eigenvalue weighted by molar-refractivity contribution is 5.80. The van der Waals surface area contributed by atoms with Gasteiger partial charge in [0.2, 0.25) is 0 Å². The van der Waals surface area contributed by atoms with Gasteiger partial charge in [0, 0.05) is 12.8 Å². The molecular formula is C17H24O4. The molecule has 1 rings (SSSR count). The Morgan fingerprint density at radius 2 is 1.86 bits per heavy atom. The second-order valence-electron chi connectivity index (χ2n) is 5.42. The van der Waals surface area contributed by atoms with Crippen LogP contribution in [0.5, 0.6) is 0 Å². The molecule has 0 spiro atoms. The molecule has 116 valence electrons. The van der Waals surface area contributed by atoms with Crippen molar-refractivity contribution >= 4 is 11.8 Å². The third-order valence-corrected chi connectivity index (χ3v) is 3.56. The Morgan fingerprint density at radius 3 is 2.43 bits per heavy atom. The van der Waals surface area contributed by atoms with Crippen molar-refractivity contribution in [1.82, 2.24) is 0 Å². The lowest BCUT2D eigenvalue weighted by molar-refractivity contribution is -0.156. The summed E-state index contributed by atoms with van der Waals surface area (Å²) < 4.78 is 10.5. The normalized spacial score (nSPS) is 13.5. The van der Waals surface area contributed by atoms with Crippen molar-refractivity contribution in [3.05, 3.63) is 35.9 Å². The van der Waals surface area contributed by atoms with Gasteiger partial charge in [0.25, 0.3) is 0 Å². The van der Waals surface area contributed by atoms with Crippen LogP contribution in [-0.4, -0.2) is 25.5 Å². The first-order valence-electron chi connectivity index (χ1n) is 7.23. The largest absolute Gasteiger partial charge is 0.469 e. The minimum Gasteiger partial charge on any atom is -0.469 e. The van der Waals surface area contributed by atoms with E-state index in [-0.39, 0.29) is 18.4 Å². The van der Waals surface area contributed by atoms with Crippen LogP contribution in [0.1, 0.15) is 38.7 Å². The number of carbonyl (C=O) groups is 2. The molecule has 0 saturated heterocycles. The van der Waals surface area contributed by atoms with Gasteiger partial charge in [0.15, 0.2) is 0 Å². The highest BCUT2D eigenvalue weighted by Crippen LogP contribution is 2.26. The number of rotatable bonds is 9. The lowest BCUT2D eigenvalue weighted by Gasteiger charge is -2.26. The van der Waals surface area contributed by atoms with Crippen LogP contribution in [0.15, 0.2) is 30.3 Å². The van der Waals surface area contributed by atoms with Gasteiger partial charge in [0.1, 0.15) is 5.78 Å². The summed E-state index contributed by atoms with van der Waals surface area (Å²) in [5, 5.41) is 0. The molecule has 1 aromatic rings. The molecule has 0 aromatic heterocycles. The van der Waals surface area contributed by atoms with Gasteiger partial charge in [-0.3, -0.25) is 9.59 Å². The van der Waals surface area contributed by atoms with Crippen molar-refractivity contribution < 1.29 is 19.1 Å². The number of hydrogen-bond acceptors (Lipinski definition) is 4. The first-order valence-corrected chi connectivity index (χ1v) is 7.23. The molecule has 0 N–H and O–H groups in total. The lowest BCUT2D eigenvalue weighted by atomic mass is 9.85. The molecule has 0 aliphatic carbocycles. The highest BCUT2D eigenvalue weighted by atomic mass is 16.5. The Labute approximate surface area is 126 Å². The van der Waals surface area contributed by atoms with E-state index in [0.29, 0.717) is 25.9 Å². The maximum atomic E-state index is 12.0. The summed E-state index contributed by atoms with van der Waals surface area (Å²) in [5.74, 6) is -0.187. The van der Waals surface area contributed by atoms with Crippen molar-refractivity contribution in [1.29, 1.82) is 0 Å². The van der Waals surface area contributed by atoms with E-state index in [2.05, 4.69) is 0 Å². The molecule has 1 atom stereocenters. The fraction of sp³-hybridized carbons (Fsp3) is 0.529. The molecule has 0 saturated carbocycles. The molecule has 4 nitrogen and oxygen atoms in total. The van der Waals surface area contributed by atoms with Crippen LogP contribution in [0, 0.1) is 5.41 Å². The third-order valence-electron chi connectivity index (χ3n) is 3.56. The Balaban J connectivity index is 2.56. The Hall–Kier alpha value is -1.68. The monoisotopic (exact) mass is 292 g/mol. The van der Waals surface area contributed by atoms with E-state index in [1.54, 1.807) is 6.92 Å². The topological polar surface area (TPSA) is 52.6 Å². The molecule has 0 fully saturated rings. The minimum atomic E-state index is -0.783. The van der Waals surface area contributed by atoms with Gasteiger partial charge in [-0.05, 0) is 18.9 Å². The zero-order valence-corrected chi connectivity index (χ0v) is 13.1. The SMILES string of the molecule is CCC(=O)CC[C@](C)(COCc1ccccc1)C(=O)OC. The van der Waals surface area contributed by atoms with Crippen molar-refractivity contribution in [2.45, 2.75) is 39.7 Å². The third kappa shape index (κ3) is 5.68. The maximum Gasteiger partial charge on any atom is 0.313 e. The number of Topliss-reactive ketones (excluding diaryl/α,β-unsaturated/α-hetero) is 1. The van der Waals surface area contributed by atoms with Crippen molar-refractivity contribution in [2.24, 2.45) is 5.41 Å². The fourth-order valence-corrected chi connectivity index (χ4v) is 2.04. The number of ether oxygens (including phenoxy) is 2. The first-order chi connectivity index (χ1) is 10.0. The number of ketones is 1. The molecule has 4 heteroatoms. The zero-order valence-electron chi connectivity index (χ0n) is 13.1. The lowest BCUT2D eigenvalue weighted by Crippen LogP contribution is -2.34. The van der Waals surface area contributed by atoms with E-state index >= 15 is 0 Å². The summed E-state index contributed by atoms with van der Waals surface area (Å²) >= 11 is 0. The molecule has 21 heavy (non-hydrogen) atoms. The van der Waals surface area contributed by atoms with Gasteiger partial charge in [-0.25, -0.2) is 0 Å². The molecule has 1 aromatic carbocycles. The number of benzene rings is 1. The van der Waals surface area contributed by atoms with Gasteiger partial charge in [-0.2, -0.15) is 0 Å². The van der Waals surface area contributed by atoms with E-state index in [0.717, 1.165) is 5.56 Å². The van der Waals surface area contributed by atoms with Crippen LogP contribution in [0.4, 0.5) is 0 Å². The maximum absolute atomic E-state index is 12.0. The summed E-state index contributed by atoms with van der Waals surface area (Å²) in [6.07, 6.45) is 1.31.